The molecule has 2 aromatic rings. The van der Waals surface area contributed by atoms with Crippen molar-refractivity contribution in [3.8, 4) is 5.75 Å². The van der Waals surface area contributed by atoms with Gasteiger partial charge in [0.1, 0.15) is 11.8 Å². The summed E-state index contributed by atoms with van der Waals surface area (Å²) in [6.45, 7) is 1.49. The summed E-state index contributed by atoms with van der Waals surface area (Å²) in [6, 6.07) is 15.8. The van der Waals surface area contributed by atoms with Crippen molar-refractivity contribution in [1.82, 2.24) is 5.32 Å². The molecule has 0 radical (unpaired) electrons. The van der Waals surface area contributed by atoms with Crippen LogP contribution in [0, 0.1) is 0 Å². The summed E-state index contributed by atoms with van der Waals surface area (Å²) in [5, 5.41) is 5.46. The Kier molecular flexibility index (Phi) is 6.39. The van der Waals surface area contributed by atoms with Crippen LogP contribution in [0.5, 0.6) is 5.75 Å². The Balaban J connectivity index is 1.87. The average Bonchev–Trinajstić information content (AvgIpc) is 2.61. The van der Waals surface area contributed by atoms with E-state index >= 15 is 0 Å². The third-order valence-electron chi connectivity index (χ3n) is 3.53. The van der Waals surface area contributed by atoms with Crippen LogP contribution in [0.1, 0.15) is 6.92 Å². The summed E-state index contributed by atoms with van der Waals surface area (Å²) in [5.74, 6) is -0.0376. The molecule has 0 saturated carbocycles. The molecule has 0 spiro atoms. The maximum atomic E-state index is 12.3. The van der Waals surface area contributed by atoms with Crippen LogP contribution in [0.15, 0.2) is 54.6 Å². The van der Waals surface area contributed by atoms with Gasteiger partial charge < -0.3 is 20.3 Å². The molecular weight excluding hydrogens is 318 g/mol. The predicted octanol–water partition coefficient (Wildman–Crippen LogP) is 2.27. The fraction of sp³-hybridized carbons (Fsp3) is 0.263. The first-order valence-corrected chi connectivity index (χ1v) is 8.02. The average molecular weight is 341 g/mol. The Hall–Kier alpha value is -3.02. The largest absolute Gasteiger partial charge is 0.484 e. The van der Waals surface area contributed by atoms with Gasteiger partial charge in [0, 0.05) is 14.1 Å². The number of anilines is 2. The SMILES string of the molecule is CC(NC(=O)COc1ccccc1)C(=O)Nc1ccccc1N(C)C. The first-order valence-electron chi connectivity index (χ1n) is 8.02. The summed E-state index contributed by atoms with van der Waals surface area (Å²) in [7, 11) is 3.80. The zero-order chi connectivity index (χ0) is 18.2. The van der Waals surface area contributed by atoms with Crippen LogP contribution in [0.3, 0.4) is 0 Å². The highest BCUT2D eigenvalue weighted by atomic mass is 16.5. The van der Waals surface area contributed by atoms with Crippen LogP contribution in [0.25, 0.3) is 0 Å². The first-order chi connectivity index (χ1) is 12.0. The minimum absolute atomic E-state index is 0.143. The van der Waals surface area contributed by atoms with Gasteiger partial charge >= 0.3 is 0 Å². The molecule has 0 aliphatic rings. The quantitative estimate of drug-likeness (QED) is 0.810. The Bertz CT molecular complexity index is 717. The van der Waals surface area contributed by atoms with Gasteiger partial charge in [0.2, 0.25) is 5.91 Å². The highest BCUT2D eigenvalue weighted by Gasteiger charge is 2.17. The van der Waals surface area contributed by atoms with Gasteiger partial charge in [0.15, 0.2) is 6.61 Å². The summed E-state index contributed by atoms with van der Waals surface area (Å²) in [4.78, 5) is 26.2. The summed E-state index contributed by atoms with van der Waals surface area (Å²) in [5.41, 5.74) is 1.58. The summed E-state index contributed by atoms with van der Waals surface area (Å²) in [6.07, 6.45) is 0. The van der Waals surface area contributed by atoms with Gasteiger partial charge in [-0.15, -0.1) is 0 Å². The molecule has 0 aromatic heterocycles. The summed E-state index contributed by atoms with van der Waals surface area (Å²) >= 11 is 0. The first kappa shape index (κ1) is 18.3. The Morgan fingerprint density at radius 3 is 2.36 bits per heavy atom. The summed E-state index contributed by atoms with van der Waals surface area (Å²) < 4.78 is 5.37. The van der Waals surface area contributed by atoms with Gasteiger partial charge in [-0.25, -0.2) is 0 Å². The molecular formula is C19H23N3O3. The minimum Gasteiger partial charge on any atom is -0.484 e. The Labute approximate surface area is 147 Å². The number of rotatable bonds is 7. The topological polar surface area (TPSA) is 70.7 Å². The number of carbonyl (C=O) groups is 2. The van der Waals surface area contributed by atoms with E-state index in [0.717, 1.165) is 5.69 Å². The van der Waals surface area contributed by atoms with E-state index in [9.17, 15) is 9.59 Å². The number of amides is 2. The van der Waals surface area contributed by atoms with Crippen molar-refractivity contribution in [1.29, 1.82) is 0 Å². The third-order valence-corrected chi connectivity index (χ3v) is 3.53. The van der Waals surface area contributed by atoms with Crippen molar-refractivity contribution < 1.29 is 14.3 Å². The molecule has 6 nitrogen and oxygen atoms in total. The van der Waals surface area contributed by atoms with Gasteiger partial charge in [-0.2, -0.15) is 0 Å². The molecule has 2 N–H and O–H groups in total. The van der Waals surface area contributed by atoms with Gasteiger partial charge in [-0.05, 0) is 31.2 Å². The van der Waals surface area contributed by atoms with Crippen LogP contribution in [-0.4, -0.2) is 38.6 Å². The van der Waals surface area contributed by atoms with E-state index in [1.165, 1.54) is 0 Å². The molecule has 0 aliphatic heterocycles. The zero-order valence-corrected chi connectivity index (χ0v) is 14.7. The number of hydrogen-bond donors (Lipinski definition) is 2. The lowest BCUT2D eigenvalue weighted by molar-refractivity contribution is -0.127. The standard InChI is InChI=1S/C19H23N3O3/c1-14(20-18(23)13-25-15-9-5-4-6-10-15)19(24)21-16-11-7-8-12-17(16)22(2)3/h4-12,14H,13H2,1-3H3,(H,20,23)(H,21,24). The maximum absolute atomic E-state index is 12.3. The van der Waals surface area contributed by atoms with Crippen molar-refractivity contribution in [2.24, 2.45) is 0 Å². The monoisotopic (exact) mass is 341 g/mol. The van der Waals surface area contributed by atoms with Crippen molar-refractivity contribution in [2.45, 2.75) is 13.0 Å². The number of benzene rings is 2. The number of nitrogens with zero attached hydrogens (tertiary/aromatic N) is 1. The molecule has 1 unspecified atom stereocenters. The lowest BCUT2D eigenvalue weighted by atomic mass is 10.2. The predicted molar refractivity (Wildman–Crippen MR) is 98.9 cm³/mol. The number of nitrogens with one attached hydrogen (secondary N) is 2. The lowest BCUT2D eigenvalue weighted by Gasteiger charge is -2.19. The lowest BCUT2D eigenvalue weighted by Crippen LogP contribution is -2.43. The second-order valence-corrected chi connectivity index (χ2v) is 5.79. The van der Waals surface area contributed by atoms with E-state index in [1.807, 2.05) is 61.5 Å². The highest BCUT2D eigenvalue weighted by Crippen LogP contribution is 2.23. The number of ether oxygens (including phenoxy) is 1. The van der Waals surface area contributed by atoms with E-state index in [4.69, 9.17) is 4.74 Å². The molecule has 25 heavy (non-hydrogen) atoms. The molecule has 0 aliphatic carbocycles. The van der Waals surface area contributed by atoms with E-state index in [-0.39, 0.29) is 18.4 Å². The second kappa shape index (κ2) is 8.73. The molecule has 0 fully saturated rings. The minimum atomic E-state index is -0.679. The normalized spacial score (nSPS) is 11.3. The van der Waals surface area contributed by atoms with Crippen molar-refractivity contribution in [3.05, 3.63) is 54.6 Å². The van der Waals surface area contributed by atoms with Gasteiger partial charge in [0.25, 0.3) is 5.91 Å². The van der Waals surface area contributed by atoms with Crippen molar-refractivity contribution >= 4 is 23.2 Å². The van der Waals surface area contributed by atoms with E-state index in [0.29, 0.717) is 11.4 Å². The molecule has 1 atom stereocenters. The van der Waals surface area contributed by atoms with Crippen molar-refractivity contribution in [2.75, 3.05) is 30.9 Å². The maximum Gasteiger partial charge on any atom is 0.258 e. The van der Waals surface area contributed by atoms with Crippen LogP contribution in [0.2, 0.25) is 0 Å². The molecule has 6 heteroatoms. The Morgan fingerprint density at radius 1 is 1.04 bits per heavy atom. The molecule has 132 valence electrons. The molecule has 0 saturated heterocycles. The van der Waals surface area contributed by atoms with Gasteiger partial charge in [0.05, 0.1) is 11.4 Å². The van der Waals surface area contributed by atoms with Crippen LogP contribution < -0.4 is 20.3 Å². The number of hydrogen-bond acceptors (Lipinski definition) is 4. The fourth-order valence-corrected chi connectivity index (χ4v) is 2.22. The molecule has 2 amide bonds. The highest BCUT2D eigenvalue weighted by molar-refractivity contribution is 5.99. The van der Waals surface area contributed by atoms with E-state index < -0.39 is 6.04 Å². The second-order valence-electron chi connectivity index (χ2n) is 5.79. The molecule has 0 bridgehead atoms. The van der Waals surface area contributed by atoms with Gasteiger partial charge in [-0.3, -0.25) is 9.59 Å². The van der Waals surface area contributed by atoms with Crippen molar-refractivity contribution in [3.63, 3.8) is 0 Å². The molecule has 0 heterocycles. The molecule has 2 rings (SSSR count). The van der Waals surface area contributed by atoms with Crippen LogP contribution >= 0.6 is 0 Å². The smallest absolute Gasteiger partial charge is 0.258 e. The van der Waals surface area contributed by atoms with E-state index in [1.54, 1.807) is 19.1 Å². The molecule has 2 aromatic carbocycles. The third kappa shape index (κ3) is 5.53. The number of carbonyl (C=O) groups excluding carboxylic acids is 2. The number of para-hydroxylation sites is 3. The van der Waals surface area contributed by atoms with E-state index in [2.05, 4.69) is 10.6 Å². The van der Waals surface area contributed by atoms with Crippen LogP contribution in [-0.2, 0) is 9.59 Å². The zero-order valence-electron chi connectivity index (χ0n) is 14.7. The van der Waals surface area contributed by atoms with Gasteiger partial charge in [-0.1, -0.05) is 30.3 Å². The van der Waals surface area contributed by atoms with Crippen LogP contribution in [0.4, 0.5) is 11.4 Å². The fourth-order valence-electron chi connectivity index (χ4n) is 2.22. The Morgan fingerprint density at radius 2 is 1.68 bits per heavy atom.